The predicted octanol–water partition coefficient (Wildman–Crippen LogP) is 3.02. The van der Waals surface area contributed by atoms with E-state index >= 15 is 0 Å². The number of ether oxygens (including phenoxy) is 1. The largest absolute Gasteiger partial charge is 0.380 e. The van der Waals surface area contributed by atoms with E-state index in [4.69, 9.17) is 27.9 Å². The minimum atomic E-state index is -0.104. The van der Waals surface area contributed by atoms with Crippen molar-refractivity contribution in [3.05, 3.63) is 34.3 Å². The minimum absolute atomic E-state index is 0.104. The van der Waals surface area contributed by atoms with E-state index in [2.05, 4.69) is 5.32 Å². The number of rotatable bonds is 7. The van der Waals surface area contributed by atoms with E-state index in [9.17, 15) is 4.79 Å². The van der Waals surface area contributed by atoms with Crippen LogP contribution >= 0.6 is 23.2 Å². The van der Waals surface area contributed by atoms with Crippen molar-refractivity contribution in [1.29, 1.82) is 0 Å². The van der Waals surface area contributed by atoms with Gasteiger partial charge in [0, 0.05) is 29.6 Å². The summed E-state index contributed by atoms with van der Waals surface area (Å²) in [7, 11) is 0. The zero-order valence-electron chi connectivity index (χ0n) is 10.3. The van der Waals surface area contributed by atoms with Crippen LogP contribution in [0.3, 0.4) is 0 Å². The molecule has 3 nitrogen and oxygen atoms in total. The molecule has 1 rings (SSSR count). The maximum absolute atomic E-state index is 11.9. The monoisotopic (exact) mass is 289 g/mol. The Balaban J connectivity index is 2.34. The van der Waals surface area contributed by atoms with Gasteiger partial charge in [-0.05, 0) is 31.0 Å². The lowest BCUT2D eigenvalue weighted by Crippen LogP contribution is -2.26. The number of alkyl halides is 1. The first-order valence-corrected chi connectivity index (χ1v) is 6.74. The van der Waals surface area contributed by atoms with Crippen molar-refractivity contribution in [1.82, 2.24) is 5.32 Å². The fraction of sp³-hybridized carbons (Fsp3) is 0.462. The molecule has 18 heavy (non-hydrogen) atoms. The quantitative estimate of drug-likeness (QED) is 0.619. The summed E-state index contributed by atoms with van der Waals surface area (Å²) >= 11 is 11.3. The van der Waals surface area contributed by atoms with Crippen molar-refractivity contribution in [2.45, 2.75) is 13.3 Å². The predicted molar refractivity (Wildman–Crippen MR) is 74.7 cm³/mol. The van der Waals surface area contributed by atoms with Gasteiger partial charge in [0.05, 0.1) is 6.61 Å². The van der Waals surface area contributed by atoms with Crippen molar-refractivity contribution in [3.63, 3.8) is 0 Å². The number of aryl methyl sites for hydroxylation is 1. The van der Waals surface area contributed by atoms with Crippen LogP contribution in [-0.2, 0) is 4.74 Å². The lowest BCUT2D eigenvalue weighted by Gasteiger charge is -2.08. The van der Waals surface area contributed by atoms with Crippen molar-refractivity contribution >= 4 is 29.1 Å². The molecule has 0 aliphatic heterocycles. The van der Waals surface area contributed by atoms with Gasteiger partial charge in [-0.1, -0.05) is 17.7 Å². The Hall–Kier alpha value is -0.770. The Kier molecular flexibility index (Phi) is 7.09. The van der Waals surface area contributed by atoms with E-state index in [0.29, 0.717) is 36.2 Å². The van der Waals surface area contributed by atoms with Crippen LogP contribution in [0.2, 0.25) is 5.02 Å². The first kappa shape index (κ1) is 15.3. The van der Waals surface area contributed by atoms with Crippen LogP contribution in [0.1, 0.15) is 22.3 Å². The topological polar surface area (TPSA) is 38.3 Å². The van der Waals surface area contributed by atoms with Crippen LogP contribution in [0.25, 0.3) is 0 Å². The van der Waals surface area contributed by atoms with E-state index in [1.54, 1.807) is 12.1 Å². The Morgan fingerprint density at radius 3 is 2.89 bits per heavy atom. The summed E-state index contributed by atoms with van der Waals surface area (Å²) in [5, 5.41) is 3.40. The first-order chi connectivity index (χ1) is 8.65. The van der Waals surface area contributed by atoms with Gasteiger partial charge in [0.1, 0.15) is 0 Å². The number of amides is 1. The summed E-state index contributed by atoms with van der Waals surface area (Å²) in [6, 6.07) is 5.28. The molecule has 1 amide bonds. The lowest BCUT2D eigenvalue weighted by molar-refractivity contribution is 0.0944. The van der Waals surface area contributed by atoms with Gasteiger partial charge >= 0.3 is 0 Å². The zero-order chi connectivity index (χ0) is 13.4. The Morgan fingerprint density at radius 1 is 1.39 bits per heavy atom. The molecule has 1 N–H and O–H groups in total. The van der Waals surface area contributed by atoms with E-state index in [-0.39, 0.29) is 5.91 Å². The van der Waals surface area contributed by atoms with Crippen molar-refractivity contribution < 1.29 is 9.53 Å². The van der Waals surface area contributed by atoms with Crippen LogP contribution in [0, 0.1) is 6.92 Å². The van der Waals surface area contributed by atoms with Crippen LogP contribution in [0.15, 0.2) is 18.2 Å². The van der Waals surface area contributed by atoms with Gasteiger partial charge in [-0.2, -0.15) is 0 Å². The minimum Gasteiger partial charge on any atom is -0.380 e. The van der Waals surface area contributed by atoms with E-state index in [1.165, 1.54) is 0 Å². The molecule has 0 fully saturated rings. The molecular formula is C13H17Cl2NO2. The molecule has 0 spiro atoms. The van der Waals surface area contributed by atoms with Gasteiger partial charge in [-0.15, -0.1) is 11.6 Å². The standard InChI is InChI=1S/C13H17Cl2NO2/c1-10-3-4-11(15)9-12(10)13(17)16-6-2-7-18-8-5-14/h3-4,9H,2,5-8H2,1H3,(H,16,17). The Labute approximate surface area is 117 Å². The number of carbonyl (C=O) groups is 1. The molecule has 100 valence electrons. The second-order valence-corrected chi connectivity index (χ2v) is 4.68. The molecule has 0 saturated carbocycles. The number of benzene rings is 1. The van der Waals surface area contributed by atoms with Crippen LogP contribution in [-0.4, -0.2) is 31.5 Å². The molecule has 0 bridgehead atoms. The van der Waals surface area contributed by atoms with E-state index in [1.807, 2.05) is 13.0 Å². The van der Waals surface area contributed by atoms with Gasteiger partial charge in [-0.25, -0.2) is 0 Å². The Bertz CT molecular complexity index is 397. The van der Waals surface area contributed by atoms with Gasteiger partial charge in [0.15, 0.2) is 0 Å². The van der Waals surface area contributed by atoms with Gasteiger partial charge in [0.25, 0.3) is 5.91 Å². The third-order valence-electron chi connectivity index (χ3n) is 2.42. The maximum atomic E-state index is 11.9. The molecule has 0 aliphatic rings. The highest BCUT2D eigenvalue weighted by atomic mass is 35.5. The Morgan fingerprint density at radius 2 is 2.17 bits per heavy atom. The molecule has 0 unspecified atom stereocenters. The third kappa shape index (κ3) is 5.25. The zero-order valence-corrected chi connectivity index (χ0v) is 11.9. The van der Waals surface area contributed by atoms with Crippen molar-refractivity contribution in [3.8, 4) is 0 Å². The lowest BCUT2D eigenvalue weighted by atomic mass is 10.1. The molecule has 1 aromatic carbocycles. The van der Waals surface area contributed by atoms with E-state index < -0.39 is 0 Å². The number of carbonyl (C=O) groups excluding carboxylic acids is 1. The third-order valence-corrected chi connectivity index (χ3v) is 2.81. The van der Waals surface area contributed by atoms with Crippen LogP contribution in [0.4, 0.5) is 0 Å². The normalized spacial score (nSPS) is 10.4. The van der Waals surface area contributed by atoms with Gasteiger partial charge < -0.3 is 10.1 Å². The van der Waals surface area contributed by atoms with Crippen molar-refractivity contribution in [2.75, 3.05) is 25.6 Å². The molecule has 0 aromatic heterocycles. The van der Waals surface area contributed by atoms with Crippen molar-refractivity contribution in [2.24, 2.45) is 0 Å². The highest BCUT2D eigenvalue weighted by molar-refractivity contribution is 6.31. The fourth-order valence-corrected chi connectivity index (χ4v) is 1.75. The summed E-state index contributed by atoms with van der Waals surface area (Å²) < 4.78 is 5.21. The molecule has 0 atom stereocenters. The SMILES string of the molecule is Cc1ccc(Cl)cc1C(=O)NCCCOCCCl. The number of hydrogen-bond donors (Lipinski definition) is 1. The van der Waals surface area contributed by atoms with Crippen LogP contribution < -0.4 is 5.32 Å². The average molecular weight is 290 g/mol. The fourth-order valence-electron chi connectivity index (χ4n) is 1.47. The summed E-state index contributed by atoms with van der Waals surface area (Å²) in [5.74, 6) is 0.390. The molecular weight excluding hydrogens is 273 g/mol. The van der Waals surface area contributed by atoms with Gasteiger partial charge in [0.2, 0.25) is 0 Å². The summed E-state index contributed by atoms with van der Waals surface area (Å²) in [4.78, 5) is 11.9. The first-order valence-electron chi connectivity index (χ1n) is 5.83. The molecule has 0 saturated heterocycles. The number of nitrogens with one attached hydrogen (secondary N) is 1. The second-order valence-electron chi connectivity index (χ2n) is 3.87. The molecule has 0 heterocycles. The molecule has 0 radical (unpaired) electrons. The highest BCUT2D eigenvalue weighted by Gasteiger charge is 2.08. The average Bonchev–Trinajstić information content (AvgIpc) is 2.36. The maximum Gasteiger partial charge on any atom is 0.251 e. The molecule has 1 aromatic rings. The van der Waals surface area contributed by atoms with Crippen LogP contribution in [0.5, 0.6) is 0 Å². The summed E-state index contributed by atoms with van der Waals surface area (Å²) in [5.41, 5.74) is 1.53. The van der Waals surface area contributed by atoms with E-state index in [0.717, 1.165) is 12.0 Å². The molecule has 0 aliphatic carbocycles. The smallest absolute Gasteiger partial charge is 0.251 e. The summed E-state index contributed by atoms with van der Waals surface area (Å²) in [6.07, 6.45) is 0.766. The number of hydrogen-bond acceptors (Lipinski definition) is 2. The van der Waals surface area contributed by atoms with Gasteiger partial charge in [-0.3, -0.25) is 4.79 Å². The second kappa shape index (κ2) is 8.35. The number of halogens is 2. The molecule has 5 heteroatoms. The highest BCUT2D eigenvalue weighted by Crippen LogP contribution is 2.15. The summed E-state index contributed by atoms with van der Waals surface area (Å²) in [6.45, 7) is 3.60.